The molecule has 4 rings (SSSR count). The van der Waals surface area contributed by atoms with E-state index in [1.54, 1.807) is 12.1 Å². The fourth-order valence-electron chi connectivity index (χ4n) is 4.13. The zero-order chi connectivity index (χ0) is 20.6. The molecule has 1 saturated carbocycles. The van der Waals surface area contributed by atoms with Crippen molar-refractivity contribution in [2.45, 2.75) is 44.8 Å². The first-order chi connectivity index (χ1) is 13.8. The number of nitrogens with one attached hydrogen (secondary N) is 1. The molecule has 0 radical (unpaired) electrons. The number of anilines is 2. The first-order valence-electron chi connectivity index (χ1n) is 9.71. The molecule has 150 valence electrons. The minimum atomic E-state index is -4.36. The second kappa shape index (κ2) is 7.43. The lowest BCUT2D eigenvalue weighted by atomic mass is 9.87. The molecule has 1 heterocycles. The minimum Gasteiger partial charge on any atom is -0.326 e. The van der Waals surface area contributed by atoms with Crippen LogP contribution < -0.4 is 5.32 Å². The molecule has 0 amide bonds. The third-order valence-corrected chi connectivity index (χ3v) is 5.56. The fourth-order valence-corrected chi connectivity index (χ4v) is 4.13. The number of nitriles is 1. The second-order valence-electron chi connectivity index (χ2n) is 7.75. The Morgan fingerprint density at radius 2 is 1.90 bits per heavy atom. The van der Waals surface area contributed by atoms with Gasteiger partial charge in [-0.2, -0.15) is 18.4 Å². The summed E-state index contributed by atoms with van der Waals surface area (Å²) in [7, 11) is 0. The van der Waals surface area contributed by atoms with Gasteiger partial charge in [0.1, 0.15) is 0 Å². The van der Waals surface area contributed by atoms with Gasteiger partial charge < -0.3 is 9.88 Å². The molecular weight excluding hydrogens is 377 g/mol. The van der Waals surface area contributed by atoms with E-state index in [1.807, 2.05) is 6.07 Å². The van der Waals surface area contributed by atoms with Gasteiger partial charge in [-0.25, -0.2) is 4.98 Å². The van der Waals surface area contributed by atoms with Crippen LogP contribution in [0.3, 0.4) is 0 Å². The predicted octanol–water partition coefficient (Wildman–Crippen LogP) is 6.42. The van der Waals surface area contributed by atoms with Crippen molar-refractivity contribution in [2.75, 3.05) is 5.32 Å². The van der Waals surface area contributed by atoms with E-state index in [-0.39, 0.29) is 6.04 Å². The van der Waals surface area contributed by atoms with Crippen molar-refractivity contribution in [2.24, 2.45) is 5.92 Å². The molecule has 4 nitrogen and oxygen atoms in total. The van der Waals surface area contributed by atoms with E-state index in [4.69, 9.17) is 0 Å². The van der Waals surface area contributed by atoms with Gasteiger partial charge in [-0.05, 0) is 61.2 Å². The van der Waals surface area contributed by atoms with E-state index >= 15 is 0 Å². The van der Waals surface area contributed by atoms with Crippen LogP contribution in [0, 0.1) is 17.2 Å². The maximum Gasteiger partial charge on any atom is 0.416 e. The van der Waals surface area contributed by atoms with Gasteiger partial charge in [0.15, 0.2) is 0 Å². The summed E-state index contributed by atoms with van der Waals surface area (Å²) in [6.07, 6.45) is 0.00708. The number of aromatic nitrogens is 2. The smallest absolute Gasteiger partial charge is 0.326 e. The SMILES string of the molecule is CC1CCCC(n2c(Nc3ccc(C(F)(F)F)cc3)nc3cc(C#N)ccc32)C1. The second-order valence-corrected chi connectivity index (χ2v) is 7.75. The molecular formula is C22H21F3N4. The van der Waals surface area contributed by atoms with Crippen molar-refractivity contribution in [3.63, 3.8) is 0 Å². The maximum atomic E-state index is 12.8. The van der Waals surface area contributed by atoms with Crippen molar-refractivity contribution in [1.82, 2.24) is 9.55 Å². The monoisotopic (exact) mass is 398 g/mol. The lowest BCUT2D eigenvalue weighted by Gasteiger charge is -2.29. The van der Waals surface area contributed by atoms with Crippen LogP contribution in [0.5, 0.6) is 0 Å². The van der Waals surface area contributed by atoms with Crippen molar-refractivity contribution >= 4 is 22.7 Å². The molecule has 1 N–H and O–H groups in total. The van der Waals surface area contributed by atoms with E-state index < -0.39 is 11.7 Å². The summed E-state index contributed by atoms with van der Waals surface area (Å²) in [4.78, 5) is 4.67. The fraction of sp³-hybridized carbons (Fsp3) is 0.364. The van der Waals surface area contributed by atoms with Crippen molar-refractivity contribution in [1.29, 1.82) is 5.26 Å². The van der Waals surface area contributed by atoms with Gasteiger partial charge in [0.05, 0.1) is 28.2 Å². The average molecular weight is 398 g/mol. The van der Waals surface area contributed by atoms with Crippen LogP contribution in [-0.4, -0.2) is 9.55 Å². The Morgan fingerprint density at radius 3 is 2.55 bits per heavy atom. The Hall–Kier alpha value is -3.01. The highest BCUT2D eigenvalue weighted by Crippen LogP contribution is 2.38. The minimum absolute atomic E-state index is 0.258. The number of alkyl halides is 3. The van der Waals surface area contributed by atoms with Gasteiger partial charge in [0.25, 0.3) is 0 Å². The first-order valence-corrected chi connectivity index (χ1v) is 9.71. The summed E-state index contributed by atoms with van der Waals surface area (Å²) in [5.74, 6) is 1.19. The van der Waals surface area contributed by atoms with Crippen LogP contribution in [0.1, 0.15) is 49.8 Å². The molecule has 2 unspecified atom stereocenters. The largest absolute Gasteiger partial charge is 0.416 e. The predicted molar refractivity (Wildman–Crippen MR) is 106 cm³/mol. The van der Waals surface area contributed by atoms with Gasteiger partial charge in [-0.1, -0.05) is 19.8 Å². The molecule has 2 aromatic carbocycles. The third kappa shape index (κ3) is 3.93. The topological polar surface area (TPSA) is 53.6 Å². The quantitative estimate of drug-likeness (QED) is 0.554. The van der Waals surface area contributed by atoms with E-state index in [9.17, 15) is 18.4 Å². The molecule has 7 heteroatoms. The lowest BCUT2D eigenvalue weighted by molar-refractivity contribution is -0.137. The Kier molecular flexibility index (Phi) is 4.95. The van der Waals surface area contributed by atoms with Gasteiger partial charge in [-0.3, -0.25) is 0 Å². The summed E-state index contributed by atoms with van der Waals surface area (Å²) >= 11 is 0. The molecule has 1 fully saturated rings. The average Bonchev–Trinajstić information content (AvgIpc) is 3.04. The van der Waals surface area contributed by atoms with Crippen molar-refractivity contribution < 1.29 is 13.2 Å². The normalized spacial score (nSPS) is 19.8. The summed E-state index contributed by atoms with van der Waals surface area (Å²) < 4.78 is 40.7. The zero-order valence-corrected chi connectivity index (χ0v) is 16.0. The summed E-state index contributed by atoms with van der Waals surface area (Å²) in [5, 5.41) is 12.4. The van der Waals surface area contributed by atoms with E-state index in [2.05, 4.69) is 27.9 Å². The molecule has 1 aliphatic carbocycles. The number of rotatable bonds is 3. The van der Waals surface area contributed by atoms with Crippen molar-refractivity contribution in [3.8, 4) is 6.07 Å². The van der Waals surface area contributed by atoms with Crippen LogP contribution in [-0.2, 0) is 6.18 Å². The molecule has 0 bridgehead atoms. The van der Waals surface area contributed by atoms with E-state index in [0.717, 1.165) is 36.9 Å². The number of benzene rings is 2. The van der Waals surface area contributed by atoms with Gasteiger partial charge >= 0.3 is 6.18 Å². The first kappa shape index (κ1) is 19.3. The van der Waals surface area contributed by atoms with Crippen LogP contribution >= 0.6 is 0 Å². The van der Waals surface area contributed by atoms with Crippen LogP contribution in [0.15, 0.2) is 42.5 Å². The van der Waals surface area contributed by atoms with Gasteiger partial charge in [0.2, 0.25) is 5.95 Å². The Morgan fingerprint density at radius 1 is 1.14 bits per heavy atom. The molecule has 1 aromatic heterocycles. The number of halogens is 3. The number of imidazole rings is 1. The van der Waals surface area contributed by atoms with Crippen LogP contribution in [0.2, 0.25) is 0 Å². The molecule has 1 aliphatic rings. The van der Waals surface area contributed by atoms with E-state index in [0.29, 0.717) is 28.6 Å². The Bertz CT molecular complexity index is 1060. The lowest BCUT2D eigenvalue weighted by Crippen LogP contribution is -2.19. The number of nitrogens with zero attached hydrogens (tertiary/aromatic N) is 3. The highest BCUT2D eigenvalue weighted by atomic mass is 19.4. The van der Waals surface area contributed by atoms with Crippen LogP contribution in [0.25, 0.3) is 11.0 Å². The summed E-state index contributed by atoms with van der Waals surface area (Å²) in [6, 6.07) is 12.8. The highest BCUT2D eigenvalue weighted by Gasteiger charge is 2.30. The molecule has 0 saturated heterocycles. The maximum absolute atomic E-state index is 12.8. The standard InChI is InChI=1S/C22H21F3N4/c1-14-3-2-4-18(11-14)29-20-10-5-15(13-26)12-19(20)28-21(29)27-17-8-6-16(7-9-17)22(23,24)25/h5-10,12,14,18H,2-4,11H2,1H3,(H,27,28). The zero-order valence-electron chi connectivity index (χ0n) is 16.0. The number of fused-ring (bicyclic) bond motifs is 1. The summed E-state index contributed by atoms with van der Waals surface area (Å²) in [5.41, 5.74) is 2.02. The summed E-state index contributed by atoms with van der Waals surface area (Å²) in [6.45, 7) is 2.24. The Balaban J connectivity index is 1.74. The van der Waals surface area contributed by atoms with Crippen molar-refractivity contribution in [3.05, 3.63) is 53.6 Å². The highest BCUT2D eigenvalue weighted by molar-refractivity contribution is 5.81. The third-order valence-electron chi connectivity index (χ3n) is 5.56. The molecule has 2 atom stereocenters. The van der Waals surface area contributed by atoms with Gasteiger partial charge in [-0.15, -0.1) is 0 Å². The number of hydrogen-bond donors (Lipinski definition) is 1. The number of hydrogen-bond acceptors (Lipinski definition) is 3. The molecule has 3 aromatic rings. The van der Waals surface area contributed by atoms with Gasteiger partial charge in [0, 0.05) is 11.7 Å². The van der Waals surface area contributed by atoms with E-state index in [1.165, 1.54) is 18.6 Å². The molecule has 29 heavy (non-hydrogen) atoms. The van der Waals surface area contributed by atoms with Crippen LogP contribution in [0.4, 0.5) is 24.8 Å². The molecule has 0 aliphatic heterocycles. The Labute approximate surface area is 167 Å². The molecule has 0 spiro atoms.